The number of rotatable bonds is 2. The van der Waals surface area contributed by atoms with Gasteiger partial charge in [-0.15, -0.1) is 107 Å². The van der Waals surface area contributed by atoms with Crippen molar-refractivity contribution in [1.29, 1.82) is 0 Å². The number of hydrogen-bond donors (Lipinski definition) is 0. The van der Waals surface area contributed by atoms with Crippen LogP contribution in [0.2, 0.25) is 0 Å². The van der Waals surface area contributed by atoms with E-state index in [0.717, 1.165) is 33.5 Å². The second-order valence-electron chi connectivity index (χ2n) is 7.96. The summed E-state index contributed by atoms with van der Waals surface area (Å²) in [6, 6.07) is 44.9. The maximum atomic E-state index is 4.28. The van der Waals surface area contributed by atoms with Gasteiger partial charge in [-0.25, -0.2) is 0 Å². The SMILES string of the molecule is [Ir].[c-]1cccc2cc[n+]3cc[n-]c3c12.[c-]1ccccc1-c1ccccn1.[c-]1ccccc1-c1ccccn1. The van der Waals surface area contributed by atoms with Gasteiger partial charge in [-0.3, -0.25) is 4.98 Å². The van der Waals surface area contributed by atoms with Crippen molar-refractivity contribution in [3.63, 3.8) is 0 Å². The molecule has 0 saturated heterocycles. The number of fused-ring (bicyclic) bond motifs is 3. The smallest absolute Gasteiger partial charge is 0.0603 e. The van der Waals surface area contributed by atoms with Crippen LogP contribution < -0.4 is 9.38 Å². The Morgan fingerprint density at radius 3 is 1.74 bits per heavy atom. The van der Waals surface area contributed by atoms with E-state index in [1.165, 1.54) is 5.39 Å². The zero-order chi connectivity index (χ0) is 25.1. The van der Waals surface area contributed by atoms with Crippen molar-refractivity contribution in [2.75, 3.05) is 0 Å². The number of nitrogens with zero attached hydrogens (tertiary/aromatic N) is 4. The van der Waals surface area contributed by atoms with Gasteiger partial charge in [0.25, 0.3) is 0 Å². The molecule has 0 aliphatic rings. The molecule has 0 atom stereocenters. The van der Waals surface area contributed by atoms with Crippen molar-refractivity contribution in [2.24, 2.45) is 0 Å². The summed E-state index contributed by atoms with van der Waals surface area (Å²) in [6.07, 6.45) is 9.33. The van der Waals surface area contributed by atoms with Crippen molar-refractivity contribution >= 4 is 16.4 Å². The maximum absolute atomic E-state index is 4.28. The molecular weight excluding hydrogens is 645 g/mol. The molecule has 0 saturated carbocycles. The van der Waals surface area contributed by atoms with Crippen LogP contribution in [0.15, 0.2) is 140 Å². The van der Waals surface area contributed by atoms with Gasteiger partial charge in [0, 0.05) is 44.9 Å². The normalized spacial score (nSPS) is 9.89. The van der Waals surface area contributed by atoms with Crippen LogP contribution in [0.25, 0.3) is 38.9 Å². The summed E-state index contributed by atoms with van der Waals surface area (Å²) >= 11 is 0. The third-order valence-electron chi connectivity index (χ3n) is 5.50. The first-order chi connectivity index (χ1) is 18.4. The van der Waals surface area contributed by atoms with Crippen molar-refractivity contribution in [1.82, 2.24) is 15.0 Å². The molecule has 4 aromatic heterocycles. The third kappa shape index (κ3) is 6.86. The van der Waals surface area contributed by atoms with Gasteiger partial charge >= 0.3 is 0 Å². The first-order valence-corrected chi connectivity index (χ1v) is 11.9. The van der Waals surface area contributed by atoms with E-state index in [9.17, 15) is 0 Å². The molecule has 0 fully saturated rings. The molecule has 7 aromatic rings. The quantitative estimate of drug-likeness (QED) is 0.158. The van der Waals surface area contributed by atoms with Crippen molar-refractivity contribution in [3.05, 3.63) is 158 Å². The van der Waals surface area contributed by atoms with Crippen molar-refractivity contribution in [3.8, 4) is 22.5 Å². The molecule has 0 amide bonds. The summed E-state index contributed by atoms with van der Waals surface area (Å²) in [6.45, 7) is 0. The molecule has 5 heteroatoms. The van der Waals surface area contributed by atoms with E-state index in [1.54, 1.807) is 18.6 Å². The van der Waals surface area contributed by atoms with E-state index >= 15 is 0 Å². The molecular formula is C33H23IrN4-3. The Labute approximate surface area is 236 Å². The van der Waals surface area contributed by atoms with Gasteiger partial charge in [-0.2, -0.15) is 0 Å². The molecule has 38 heavy (non-hydrogen) atoms. The third-order valence-corrected chi connectivity index (χ3v) is 5.50. The van der Waals surface area contributed by atoms with E-state index in [4.69, 9.17) is 0 Å². The van der Waals surface area contributed by atoms with Crippen LogP contribution in [0.4, 0.5) is 0 Å². The minimum atomic E-state index is 0. The van der Waals surface area contributed by atoms with Gasteiger partial charge in [0.05, 0.1) is 5.65 Å². The molecule has 187 valence electrons. The average molecular weight is 668 g/mol. The van der Waals surface area contributed by atoms with Crippen LogP contribution >= 0.6 is 0 Å². The Hall–Kier alpha value is -4.44. The largest absolute Gasteiger partial charge is 0.347 e. The molecule has 4 nitrogen and oxygen atoms in total. The Bertz CT molecular complexity index is 1500. The average Bonchev–Trinajstić information content (AvgIpc) is 3.50. The number of pyridine rings is 3. The number of benzene rings is 3. The molecule has 4 heterocycles. The summed E-state index contributed by atoms with van der Waals surface area (Å²) in [5.74, 6) is 0. The second-order valence-corrected chi connectivity index (χ2v) is 7.96. The second kappa shape index (κ2) is 13.8. The molecule has 0 spiro atoms. The topological polar surface area (TPSA) is 44.0 Å². The molecule has 3 aromatic carbocycles. The zero-order valence-electron chi connectivity index (χ0n) is 20.4. The summed E-state index contributed by atoms with van der Waals surface area (Å²) in [5.41, 5.74) is 4.99. The number of aromatic nitrogens is 4. The minimum Gasteiger partial charge on any atom is -0.347 e. The van der Waals surface area contributed by atoms with E-state index in [2.05, 4.69) is 45.3 Å². The minimum absolute atomic E-state index is 0. The fourth-order valence-electron chi connectivity index (χ4n) is 3.72. The van der Waals surface area contributed by atoms with Gasteiger partial charge in [0.15, 0.2) is 0 Å². The van der Waals surface area contributed by atoms with Gasteiger partial charge < -0.3 is 14.4 Å². The monoisotopic (exact) mass is 668 g/mol. The fourth-order valence-corrected chi connectivity index (χ4v) is 3.72. The summed E-state index contributed by atoms with van der Waals surface area (Å²) in [5, 5.41) is 2.26. The molecule has 0 aliphatic carbocycles. The first kappa shape index (κ1) is 26.6. The molecule has 0 unspecified atom stereocenters. The maximum Gasteiger partial charge on any atom is 0.0603 e. The van der Waals surface area contributed by atoms with Crippen LogP contribution in [0.5, 0.6) is 0 Å². The van der Waals surface area contributed by atoms with E-state index in [-0.39, 0.29) is 20.1 Å². The van der Waals surface area contributed by atoms with E-state index in [0.29, 0.717) is 0 Å². The fraction of sp³-hybridized carbons (Fsp3) is 0. The Morgan fingerprint density at radius 2 is 1.18 bits per heavy atom. The van der Waals surface area contributed by atoms with E-state index in [1.807, 2.05) is 114 Å². The van der Waals surface area contributed by atoms with Crippen LogP contribution in [0, 0.1) is 18.2 Å². The Kier molecular flexibility index (Phi) is 9.63. The predicted octanol–water partition coefficient (Wildman–Crippen LogP) is 6.43. The summed E-state index contributed by atoms with van der Waals surface area (Å²) < 4.78 is 2.00. The first-order valence-electron chi connectivity index (χ1n) is 11.9. The van der Waals surface area contributed by atoms with E-state index < -0.39 is 0 Å². The number of imidazole rings is 1. The molecule has 1 radical (unpaired) electrons. The van der Waals surface area contributed by atoms with Crippen LogP contribution in [0.1, 0.15) is 0 Å². The van der Waals surface area contributed by atoms with Gasteiger partial charge in [-0.05, 0) is 29.7 Å². The molecule has 0 N–H and O–H groups in total. The van der Waals surface area contributed by atoms with Crippen molar-refractivity contribution < 1.29 is 24.5 Å². The molecule has 0 bridgehead atoms. The Morgan fingerprint density at radius 1 is 0.579 bits per heavy atom. The van der Waals surface area contributed by atoms with Crippen LogP contribution in [-0.4, -0.2) is 9.97 Å². The molecule has 7 rings (SSSR count). The van der Waals surface area contributed by atoms with Crippen LogP contribution in [-0.2, 0) is 20.1 Å². The predicted molar refractivity (Wildman–Crippen MR) is 146 cm³/mol. The van der Waals surface area contributed by atoms with Crippen LogP contribution in [0.3, 0.4) is 0 Å². The summed E-state index contributed by atoms with van der Waals surface area (Å²) in [7, 11) is 0. The van der Waals surface area contributed by atoms with Gasteiger partial charge in [-0.1, -0.05) is 30.3 Å². The molecule has 0 aliphatic heterocycles. The van der Waals surface area contributed by atoms with Gasteiger partial charge in [0.1, 0.15) is 0 Å². The number of hydrogen-bond acceptors (Lipinski definition) is 2. The summed E-state index contributed by atoms with van der Waals surface area (Å²) in [4.78, 5) is 12.7. The Balaban J connectivity index is 0.000000131. The zero-order valence-corrected chi connectivity index (χ0v) is 22.8. The van der Waals surface area contributed by atoms with Crippen molar-refractivity contribution in [2.45, 2.75) is 0 Å². The standard InChI is InChI=1S/C11H7N2.2C11H8N.Ir/c1-2-4-10-9(3-1)5-7-13-8-6-12-11(10)13;2*1-2-6-10(7-3-1)11-8-4-5-9-12-11;/h1-3,5-8H;2*1-6,8-9H;/q3*-1;. The van der Waals surface area contributed by atoms with Gasteiger partial charge in [0.2, 0.25) is 0 Å².